The van der Waals surface area contributed by atoms with Gasteiger partial charge in [-0.2, -0.15) is 13.2 Å². The fraction of sp³-hybridized carbons (Fsp3) is 0.412. The molecule has 1 saturated heterocycles. The maximum Gasteiger partial charge on any atom is 0.534 e. The monoisotopic (exact) mass is 350 g/mol. The van der Waals surface area contributed by atoms with Crippen LogP contribution in [0.5, 0.6) is 0 Å². The largest absolute Gasteiger partial charge is 0.534 e. The molecule has 8 heteroatoms. The zero-order valence-electron chi connectivity index (χ0n) is 14.4. The first-order valence-corrected chi connectivity index (χ1v) is 7.86. The third kappa shape index (κ3) is 3.41. The lowest BCUT2D eigenvalue weighted by Crippen LogP contribution is -2.41. The maximum atomic E-state index is 12.9. The van der Waals surface area contributed by atoms with E-state index in [1.165, 1.54) is 12.3 Å². The average Bonchev–Trinajstić information content (AvgIpc) is 2.75. The molecule has 0 N–H and O–H groups in total. The molecule has 0 unspecified atom stereocenters. The number of alkyl halides is 3. The summed E-state index contributed by atoms with van der Waals surface area (Å²) in [5.41, 5.74) is -0.796. The summed E-state index contributed by atoms with van der Waals surface area (Å²) in [4.78, 5) is 8.52. The number of aromatic nitrogens is 2. The molecule has 1 fully saturated rings. The molecule has 1 aromatic heterocycles. The molecule has 0 saturated carbocycles. The third-order valence-electron chi connectivity index (χ3n) is 4.62. The summed E-state index contributed by atoms with van der Waals surface area (Å²) in [5, 5.41) is 0. The van der Waals surface area contributed by atoms with Gasteiger partial charge in [-0.1, -0.05) is 12.1 Å². The van der Waals surface area contributed by atoms with Gasteiger partial charge in [0.1, 0.15) is 0 Å². The fourth-order valence-corrected chi connectivity index (χ4v) is 2.45. The van der Waals surface area contributed by atoms with Crippen molar-refractivity contribution in [3.63, 3.8) is 0 Å². The SMILES string of the molecule is CC1(C)OB(c2nccc(-c3cccc(C(F)(F)F)c3)n2)OC1(C)C. The van der Waals surface area contributed by atoms with Crippen molar-refractivity contribution in [1.82, 2.24) is 9.97 Å². The normalized spacial score (nSPS) is 19.2. The van der Waals surface area contributed by atoms with Crippen LogP contribution in [0.15, 0.2) is 36.5 Å². The number of hydrogen-bond donors (Lipinski definition) is 0. The van der Waals surface area contributed by atoms with Crippen LogP contribution in [0.3, 0.4) is 0 Å². The molecular formula is C17H18BF3N2O2. The maximum absolute atomic E-state index is 12.9. The topological polar surface area (TPSA) is 44.2 Å². The van der Waals surface area contributed by atoms with Crippen molar-refractivity contribution in [3.05, 3.63) is 42.1 Å². The molecule has 1 aromatic carbocycles. The molecule has 4 nitrogen and oxygen atoms in total. The van der Waals surface area contributed by atoms with Crippen molar-refractivity contribution in [2.45, 2.75) is 45.1 Å². The van der Waals surface area contributed by atoms with Gasteiger partial charge < -0.3 is 9.31 Å². The molecular weight excluding hydrogens is 332 g/mol. The van der Waals surface area contributed by atoms with Crippen LogP contribution in [0.1, 0.15) is 33.3 Å². The summed E-state index contributed by atoms with van der Waals surface area (Å²) in [6.45, 7) is 7.63. The molecule has 1 aliphatic rings. The molecule has 25 heavy (non-hydrogen) atoms. The Kier molecular flexibility index (Phi) is 4.16. The van der Waals surface area contributed by atoms with Crippen LogP contribution < -0.4 is 5.72 Å². The van der Waals surface area contributed by atoms with Gasteiger partial charge in [0.05, 0.1) is 22.5 Å². The van der Waals surface area contributed by atoms with Crippen LogP contribution in [0.25, 0.3) is 11.3 Å². The lowest BCUT2D eigenvalue weighted by molar-refractivity contribution is -0.137. The second kappa shape index (κ2) is 5.81. The highest BCUT2D eigenvalue weighted by atomic mass is 19.4. The number of benzene rings is 1. The first-order chi connectivity index (χ1) is 11.5. The minimum atomic E-state index is -4.41. The number of halogens is 3. The Balaban J connectivity index is 1.94. The summed E-state index contributed by atoms with van der Waals surface area (Å²) in [6, 6.07) is 6.58. The van der Waals surface area contributed by atoms with Crippen molar-refractivity contribution in [3.8, 4) is 11.3 Å². The van der Waals surface area contributed by atoms with Gasteiger partial charge in [0.15, 0.2) is 5.72 Å². The summed E-state index contributed by atoms with van der Waals surface area (Å²) >= 11 is 0. The van der Waals surface area contributed by atoms with E-state index >= 15 is 0 Å². The lowest BCUT2D eigenvalue weighted by atomic mass is 9.88. The highest BCUT2D eigenvalue weighted by molar-refractivity contribution is 6.60. The molecule has 0 atom stereocenters. The minimum absolute atomic E-state index is 0.286. The molecule has 2 heterocycles. The second-order valence-corrected chi connectivity index (χ2v) is 6.97. The molecule has 2 aromatic rings. The van der Waals surface area contributed by atoms with Crippen molar-refractivity contribution in [2.75, 3.05) is 0 Å². The standard InChI is InChI=1S/C17H18BF3N2O2/c1-15(2)16(3,4)25-18(24-15)14-22-9-8-13(23-14)11-6-5-7-12(10-11)17(19,20)21/h5-10H,1-4H3. The van der Waals surface area contributed by atoms with E-state index in [1.807, 2.05) is 27.7 Å². The van der Waals surface area contributed by atoms with E-state index in [0.29, 0.717) is 11.3 Å². The Morgan fingerprint density at radius 2 is 1.64 bits per heavy atom. The van der Waals surface area contributed by atoms with Crippen LogP contribution in [0.4, 0.5) is 13.2 Å². The highest BCUT2D eigenvalue weighted by Crippen LogP contribution is 2.36. The Morgan fingerprint density at radius 3 is 2.24 bits per heavy atom. The van der Waals surface area contributed by atoms with E-state index in [-0.39, 0.29) is 5.72 Å². The smallest absolute Gasteiger partial charge is 0.397 e. The minimum Gasteiger partial charge on any atom is -0.397 e. The van der Waals surface area contributed by atoms with Gasteiger partial charge in [-0.3, -0.25) is 0 Å². The van der Waals surface area contributed by atoms with Crippen LogP contribution >= 0.6 is 0 Å². The molecule has 0 bridgehead atoms. The summed E-state index contributed by atoms with van der Waals surface area (Å²) in [5.74, 6) is 0. The van der Waals surface area contributed by atoms with E-state index in [4.69, 9.17) is 9.31 Å². The van der Waals surface area contributed by atoms with E-state index < -0.39 is 30.1 Å². The molecule has 0 radical (unpaired) electrons. The van der Waals surface area contributed by atoms with Crippen molar-refractivity contribution >= 4 is 12.8 Å². The first-order valence-electron chi connectivity index (χ1n) is 7.86. The number of nitrogens with zero attached hydrogens (tertiary/aromatic N) is 2. The zero-order chi connectivity index (χ0) is 18.5. The van der Waals surface area contributed by atoms with Gasteiger partial charge >= 0.3 is 13.3 Å². The first kappa shape index (κ1) is 17.9. The summed E-state index contributed by atoms with van der Waals surface area (Å²) in [6.07, 6.45) is -2.92. The zero-order valence-corrected chi connectivity index (χ0v) is 14.4. The summed E-state index contributed by atoms with van der Waals surface area (Å²) < 4.78 is 50.5. The van der Waals surface area contributed by atoms with Gasteiger partial charge in [-0.15, -0.1) is 0 Å². The van der Waals surface area contributed by atoms with Gasteiger partial charge in [-0.05, 0) is 45.9 Å². The number of hydrogen-bond acceptors (Lipinski definition) is 4. The van der Waals surface area contributed by atoms with Crippen LogP contribution in [0, 0.1) is 0 Å². The molecule has 1 aliphatic heterocycles. The van der Waals surface area contributed by atoms with Gasteiger partial charge in [0.25, 0.3) is 0 Å². The second-order valence-electron chi connectivity index (χ2n) is 6.97. The Morgan fingerprint density at radius 1 is 1.00 bits per heavy atom. The Labute approximate surface area is 144 Å². The summed E-state index contributed by atoms with van der Waals surface area (Å²) in [7, 11) is -0.768. The Hall–Kier alpha value is -1.93. The lowest BCUT2D eigenvalue weighted by Gasteiger charge is -2.32. The fourth-order valence-electron chi connectivity index (χ4n) is 2.45. The van der Waals surface area contributed by atoms with E-state index in [9.17, 15) is 13.2 Å². The molecule has 0 spiro atoms. The predicted octanol–water partition coefficient (Wildman–Crippen LogP) is 3.46. The van der Waals surface area contributed by atoms with E-state index in [2.05, 4.69) is 9.97 Å². The van der Waals surface area contributed by atoms with Crippen molar-refractivity contribution < 1.29 is 22.5 Å². The molecule has 0 aliphatic carbocycles. The van der Waals surface area contributed by atoms with Crippen molar-refractivity contribution in [2.24, 2.45) is 0 Å². The van der Waals surface area contributed by atoms with Gasteiger partial charge in [0.2, 0.25) is 0 Å². The highest BCUT2D eigenvalue weighted by Gasteiger charge is 2.53. The number of rotatable bonds is 2. The Bertz CT molecular complexity index is 777. The van der Waals surface area contributed by atoms with Gasteiger partial charge in [0, 0.05) is 11.8 Å². The average molecular weight is 350 g/mol. The predicted molar refractivity (Wildman–Crippen MR) is 88.2 cm³/mol. The van der Waals surface area contributed by atoms with E-state index in [1.54, 1.807) is 12.1 Å². The molecule has 3 rings (SSSR count). The molecule has 132 valence electrons. The van der Waals surface area contributed by atoms with E-state index in [0.717, 1.165) is 12.1 Å². The van der Waals surface area contributed by atoms with Gasteiger partial charge in [-0.25, -0.2) is 9.97 Å². The van der Waals surface area contributed by atoms with Crippen LogP contribution in [-0.4, -0.2) is 28.3 Å². The quantitative estimate of drug-likeness (QED) is 0.778. The molecule has 0 amide bonds. The third-order valence-corrected chi connectivity index (χ3v) is 4.62. The van der Waals surface area contributed by atoms with Crippen LogP contribution in [-0.2, 0) is 15.5 Å². The van der Waals surface area contributed by atoms with Crippen molar-refractivity contribution in [1.29, 1.82) is 0 Å². The van der Waals surface area contributed by atoms with Crippen LogP contribution in [0.2, 0.25) is 0 Å².